The average molecular weight is 245 g/mol. The van der Waals surface area contributed by atoms with Crippen molar-refractivity contribution in [3.8, 4) is 12.3 Å². The molecule has 0 aliphatic carbocycles. The van der Waals surface area contributed by atoms with Crippen LogP contribution < -0.4 is 0 Å². The molecule has 0 fully saturated rings. The molecular formula is C11H10F3NO2. The van der Waals surface area contributed by atoms with E-state index in [1.54, 1.807) is 0 Å². The molecule has 0 bridgehead atoms. The summed E-state index contributed by atoms with van der Waals surface area (Å²) in [4.78, 5) is 11.3. The fourth-order valence-corrected chi connectivity index (χ4v) is 1.30. The van der Waals surface area contributed by atoms with Gasteiger partial charge in [0.2, 0.25) is 0 Å². The van der Waals surface area contributed by atoms with E-state index in [0.29, 0.717) is 0 Å². The smallest absolute Gasteiger partial charge is 0.418 e. The molecule has 0 aliphatic rings. The van der Waals surface area contributed by atoms with Gasteiger partial charge in [-0.2, -0.15) is 13.2 Å². The van der Waals surface area contributed by atoms with Gasteiger partial charge in [-0.05, 0) is 6.92 Å². The minimum Gasteiger partial charge on any atom is -0.462 e. The molecule has 1 aromatic rings. The van der Waals surface area contributed by atoms with Crippen molar-refractivity contribution >= 4 is 5.97 Å². The second-order valence-electron chi connectivity index (χ2n) is 3.18. The second-order valence-corrected chi connectivity index (χ2v) is 3.18. The van der Waals surface area contributed by atoms with Crippen molar-refractivity contribution in [2.75, 3.05) is 6.61 Å². The quantitative estimate of drug-likeness (QED) is 0.604. The highest BCUT2D eigenvalue weighted by Gasteiger charge is 2.37. The third kappa shape index (κ3) is 3.03. The molecule has 0 aromatic carbocycles. The number of aromatic nitrogens is 1. The maximum absolute atomic E-state index is 12.6. The topological polar surface area (TPSA) is 31.2 Å². The zero-order valence-electron chi connectivity index (χ0n) is 9.04. The average Bonchev–Trinajstić information content (AvgIpc) is 2.62. The van der Waals surface area contributed by atoms with Gasteiger partial charge in [0.05, 0.1) is 24.3 Å². The molecule has 1 rings (SSSR count). The lowest BCUT2D eigenvalue weighted by molar-refractivity contribution is -0.138. The predicted molar refractivity (Wildman–Crippen MR) is 54.2 cm³/mol. The maximum atomic E-state index is 12.6. The number of carbonyl (C=O) groups is 1. The first kappa shape index (κ1) is 13.2. The molecule has 0 radical (unpaired) electrons. The number of hydrogen-bond acceptors (Lipinski definition) is 2. The van der Waals surface area contributed by atoms with E-state index in [-0.39, 0.29) is 13.2 Å². The number of terminal acetylenes is 1. The number of carbonyl (C=O) groups excluding carboxylic acids is 1. The van der Waals surface area contributed by atoms with Crippen molar-refractivity contribution < 1.29 is 22.7 Å². The van der Waals surface area contributed by atoms with E-state index in [2.05, 4.69) is 10.7 Å². The second kappa shape index (κ2) is 4.95. The number of hydrogen-bond donors (Lipinski definition) is 0. The van der Waals surface area contributed by atoms with Crippen LogP contribution in [0.25, 0.3) is 0 Å². The number of nitrogens with zero attached hydrogens (tertiary/aromatic N) is 1. The summed E-state index contributed by atoms with van der Waals surface area (Å²) in [5.74, 6) is 1.19. The molecular weight excluding hydrogens is 235 g/mol. The van der Waals surface area contributed by atoms with Crippen LogP contribution in [-0.4, -0.2) is 17.1 Å². The molecule has 6 heteroatoms. The fraction of sp³-hybridized carbons (Fsp3) is 0.364. The fourth-order valence-electron chi connectivity index (χ4n) is 1.30. The van der Waals surface area contributed by atoms with Crippen LogP contribution in [0.15, 0.2) is 12.4 Å². The third-order valence-electron chi connectivity index (χ3n) is 1.95. The SMILES string of the molecule is C#CCn1cc(C(=O)OCC)c(C(F)(F)F)c1. The summed E-state index contributed by atoms with van der Waals surface area (Å²) in [5, 5.41) is 0. The van der Waals surface area contributed by atoms with Gasteiger partial charge in [0.25, 0.3) is 0 Å². The van der Waals surface area contributed by atoms with Gasteiger partial charge in [0.15, 0.2) is 0 Å². The van der Waals surface area contributed by atoms with Crippen LogP contribution in [0, 0.1) is 12.3 Å². The van der Waals surface area contributed by atoms with E-state index in [1.165, 1.54) is 6.92 Å². The molecule has 92 valence electrons. The highest BCUT2D eigenvalue weighted by Crippen LogP contribution is 2.33. The highest BCUT2D eigenvalue weighted by molar-refractivity contribution is 5.91. The van der Waals surface area contributed by atoms with Crippen molar-refractivity contribution in [3.63, 3.8) is 0 Å². The summed E-state index contributed by atoms with van der Waals surface area (Å²) in [6.45, 7) is 1.49. The Morgan fingerprint density at radius 3 is 2.65 bits per heavy atom. The van der Waals surface area contributed by atoms with Gasteiger partial charge in [-0.15, -0.1) is 6.42 Å². The van der Waals surface area contributed by atoms with Crippen LogP contribution in [0.4, 0.5) is 13.2 Å². The van der Waals surface area contributed by atoms with Crippen LogP contribution in [0.1, 0.15) is 22.8 Å². The first-order chi connectivity index (χ1) is 7.90. The van der Waals surface area contributed by atoms with Crippen molar-refractivity contribution in [2.45, 2.75) is 19.6 Å². The largest absolute Gasteiger partial charge is 0.462 e. The lowest BCUT2D eigenvalue weighted by Gasteiger charge is -2.06. The Morgan fingerprint density at radius 2 is 2.18 bits per heavy atom. The third-order valence-corrected chi connectivity index (χ3v) is 1.95. The summed E-state index contributed by atoms with van der Waals surface area (Å²) in [5.41, 5.74) is -1.55. The van der Waals surface area contributed by atoms with Gasteiger partial charge in [0.1, 0.15) is 0 Å². The van der Waals surface area contributed by atoms with E-state index >= 15 is 0 Å². The van der Waals surface area contributed by atoms with E-state index in [4.69, 9.17) is 6.42 Å². The van der Waals surface area contributed by atoms with Crippen molar-refractivity contribution in [1.82, 2.24) is 4.57 Å². The summed E-state index contributed by atoms with van der Waals surface area (Å²) in [6, 6.07) is 0. The zero-order valence-corrected chi connectivity index (χ0v) is 9.04. The Bertz CT molecular complexity index is 454. The maximum Gasteiger partial charge on any atom is 0.418 e. The van der Waals surface area contributed by atoms with Crippen LogP contribution in [-0.2, 0) is 17.5 Å². The summed E-state index contributed by atoms with van der Waals surface area (Å²) in [7, 11) is 0. The molecule has 0 spiro atoms. The van der Waals surface area contributed by atoms with Crippen LogP contribution in [0.3, 0.4) is 0 Å². The van der Waals surface area contributed by atoms with Crippen LogP contribution in [0.5, 0.6) is 0 Å². The summed E-state index contributed by atoms with van der Waals surface area (Å²) >= 11 is 0. The molecule has 17 heavy (non-hydrogen) atoms. The van der Waals surface area contributed by atoms with E-state index in [9.17, 15) is 18.0 Å². The normalized spacial score (nSPS) is 11.0. The molecule has 1 heterocycles. The Labute approximate surface area is 96.2 Å². The summed E-state index contributed by atoms with van der Waals surface area (Å²) in [6.07, 6.45) is 2.23. The Kier molecular flexibility index (Phi) is 3.84. The van der Waals surface area contributed by atoms with E-state index < -0.39 is 23.3 Å². The minimum absolute atomic E-state index is 0.0104. The van der Waals surface area contributed by atoms with Gasteiger partial charge in [-0.3, -0.25) is 0 Å². The van der Waals surface area contributed by atoms with Crippen LogP contribution in [0.2, 0.25) is 0 Å². The first-order valence-electron chi connectivity index (χ1n) is 4.77. The molecule has 0 unspecified atom stereocenters. The number of ether oxygens (including phenoxy) is 1. The predicted octanol–water partition coefficient (Wildman–Crippen LogP) is 2.32. The van der Waals surface area contributed by atoms with Gasteiger partial charge < -0.3 is 9.30 Å². The van der Waals surface area contributed by atoms with E-state index in [1.807, 2.05) is 0 Å². The number of halogens is 3. The molecule has 0 aliphatic heterocycles. The monoisotopic (exact) mass is 245 g/mol. The van der Waals surface area contributed by atoms with Crippen molar-refractivity contribution in [3.05, 3.63) is 23.5 Å². The Morgan fingerprint density at radius 1 is 1.53 bits per heavy atom. The Balaban J connectivity index is 3.18. The van der Waals surface area contributed by atoms with Gasteiger partial charge >= 0.3 is 12.1 Å². The standard InChI is InChI=1S/C11H10F3NO2/c1-3-5-15-6-8(10(16)17-4-2)9(7-15)11(12,13)14/h1,6-7H,4-5H2,2H3. The number of alkyl halides is 3. The highest BCUT2D eigenvalue weighted by atomic mass is 19.4. The molecule has 0 amide bonds. The van der Waals surface area contributed by atoms with Crippen molar-refractivity contribution in [2.24, 2.45) is 0 Å². The van der Waals surface area contributed by atoms with Crippen LogP contribution >= 0.6 is 0 Å². The molecule has 0 saturated heterocycles. The van der Waals surface area contributed by atoms with Crippen molar-refractivity contribution in [1.29, 1.82) is 0 Å². The number of esters is 1. The summed E-state index contributed by atoms with van der Waals surface area (Å²) < 4.78 is 43.6. The zero-order chi connectivity index (χ0) is 13.1. The first-order valence-corrected chi connectivity index (χ1v) is 4.77. The molecule has 0 atom stereocenters. The van der Waals surface area contributed by atoms with Gasteiger partial charge in [-0.25, -0.2) is 4.79 Å². The molecule has 0 saturated carbocycles. The Hall–Kier alpha value is -1.90. The van der Waals surface area contributed by atoms with Gasteiger partial charge in [-0.1, -0.05) is 5.92 Å². The van der Waals surface area contributed by atoms with Gasteiger partial charge in [0, 0.05) is 12.4 Å². The van der Waals surface area contributed by atoms with E-state index in [0.717, 1.165) is 17.0 Å². The minimum atomic E-state index is -4.61. The number of rotatable bonds is 3. The lowest BCUT2D eigenvalue weighted by atomic mass is 10.2. The molecule has 3 nitrogen and oxygen atoms in total. The lowest BCUT2D eigenvalue weighted by Crippen LogP contribution is -2.12. The molecule has 1 aromatic heterocycles. The molecule has 0 N–H and O–H groups in total.